The first-order chi connectivity index (χ1) is 11.9. The van der Waals surface area contributed by atoms with Crippen molar-refractivity contribution in [2.24, 2.45) is 0 Å². The SMILES string of the molecule is c1ccc(C(c2ccccc2)c2ccccc2-c2cc[nH]c2)cc1. The molecule has 1 N–H and O–H groups in total. The standard InChI is InChI=1S/C23H19N/c1-3-9-18(10-4-1)23(19-11-5-2-6-12-19)22-14-8-7-13-21(22)20-15-16-24-17-20/h1-17,23-24H. The predicted octanol–water partition coefficient (Wildman–Crippen LogP) is 5.86. The summed E-state index contributed by atoms with van der Waals surface area (Å²) in [5, 5.41) is 0. The van der Waals surface area contributed by atoms with Gasteiger partial charge in [-0.3, -0.25) is 0 Å². The molecule has 24 heavy (non-hydrogen) atoms. The van der Waals surface area contributed by atoms with Gasteiger partial charge in [0.25, 0.3) is 0 Å². The van der Waals surface area contributed by atoms with Gasteiger partial charge in [0.1, 0.15) is 0 Å². The Hall–Kier alpha value is -3.06. The summed E-state index contributed by atoms with van der Waals surface area (Å²) in [6.07, 6.45) is 4.04. The van der Waals surface area contributed by atoms with E-state index in [9.17, 15) is 0 Å². The molecule has 0 aliphatic rings. The summed E-state index contributed by atoms with van der Waals surface area (Å²) in [6, 6.07) is 32.3. The average Bonchev–Trinajstić information content (AvgIpc) is 3.19. The van der Waals surface area contributed by atoms with Gasteiger partial charge in [-0.05, 0) is 33.9 Å². The van der Waals surface area contributed by atoms with Crippen molar-refractivity contribution in [3.05, 3.63) is 120 Å². The zero-order chi connectivity index (χ0) is 16.2. The van der Waals surface area contributed by atoms with Crippen LogP contribution in [-0.4, -0.2) is 4.98 Å². The monoisotopic (exact) mass is 309 g/mol. The summed E-state index contributed by atoms with van der Waals surface area (Å²) in [5.74, 6) is 0.221. The quantitative estimate of drug-likeness (QED) is 0.454. The van der Waals surface area contributed by atoms with Gasteiger partial charge in [-0.15, -0.1) is 0 Å². The van der Waals surface area contributed by atoms with Gasteiger partial charge in [0.2, 0.25) is 0 Å². The molecule has 4 rings (SSSR count). The van der Waals surface area contributed by atoms with Crippen LogP contribution in [0.5, 0.6) is 0 Å². The van der Waals surface area contributed by atoms with E-state index in [4.69, 9.17) is 0 Å². The maximum absolute atomic E-state index is 3.17. The first kappa shape index (κ1) is 14.5. The predicted molar refractivity (Wildman–Crippen MR) is 100 cm³/mol. The second-order valence-electron chi connectivity index (χ2n) is 5.94. The highest BCUT2D eigenvalue weighted by Crippen LogP contribution is 2.37. The van der Waals surface area contributed by atoms with Gasteiger partial charge in [-0.2, -0.15) is 0 Å². The Morgan fingerprint density at radius 3 is 1.75 bits per heavy atom. The van der Waals surface area contributed by atoms with Crippen LogP contribution in [0.4, 0.5) is 0 Å². The minimum absolute atomic E-state index is 0.221. The molecular weight excluding hydrogens is 290 g/mol. The van der Waals surface area contributed by atoms with Crippen molar-refractivity contribution in [3.63, 3.8) is 0 Å². The van der Waals surface area contributed by atoms with Gasteiger partial charge in [0, 0.05) is 18.3 Å². The third-order valence-electron chi connectivity index (χ3n) is 4.45. The Kier molecular flexibility index (Phi) is 3.99. The number of rotatable bonds is 4. The second-order valence-corrected chi connectivity index (χ2v) is 5.94. The van der Waals surface area contributed by atoms with Crippen molar-refractivity contribution >= 4 is 0 Å². The Bertz CT molecular complexity index is 854. The van der Waals surface area contributed by atoms with E-state index in [-0.39, 0.29) is 5.92 Å². The van der Waals surface area contributed by atoms with Gasteiger partial charge >= 0.3 is 0 Å². The number of benzene rings is 3. The number of H-pyrrole nitrogens is 1. The molecule has 0 spiro atoms. The molecule has 0 atom stereocenters. The minimum Gasteiger partial charge on any atom is -0.367 e. The first-order valence-electron chi connectivity index (χ1n) is 8.25. The van der Waals surface area contributed by atoms with Crippen LogP contribution in [0.1, 0.15) is 22.6 Å². The molecule has 0 fully saturated rings. The van der Waals surface area contributed by atoms with E-state index in [2.05, 4.69) is 102 Å². The van der Waals surface area contributed by atoms with Gasteiger partial charge in [-0.25, -0.2) is 0 Å². The van der Waals surface area contributed by atoms with Gasteiger partial charge < -0.3 is 4.98 Å². The summed E-state index contributed by atoms with van der Waals surface area (Å²) >= 11 is 0. The lowest BCUT2D eigenvalue weighted by molar-refractivity contribution is 0.980. The van der Waals surface area contributed by atoms with Crippen molar-refractivity contribution in [1.29, 1.82) is 0 Å². The van der Waals surface area contributed by atoms with Crippen LogP contribution in [0.15, 0.2) is 103 Å². The zero-order valence-corrected chi connectivity index (χ0v) is 13.4. The van der Waals surface area contributed by atoms with Crippen molar-refractivity contribution < 1.29 is 0 Å². The van der Waals surface area contributed by atoms with Crippen LogP contribution in [0, 0.1) is 0 Å². The summed E-state index contributed by atoms with van der Waals surface area (Å²) < 4.78 is 0. The van der Waals surface area contributed by atoms with E-state index in [0.717, 1.165) is 0 Å². The molecule has 1 nitrogen and oxygen atoms in total. The molecule has 0 aliphatic heterocycles. The molecular formula is C23H19N. The van der Waals surface area contributed by atoms with Crippen LogP contribution in [0.25, 0.3) is 11.1 Å². The number of aromatic nitrogens is 1. The average molecular weight is 309 g/mol. The fraction of sp³-hybridized carbons (Fsp3) is 0.0435. The van der Waals surface area contributed by atoms with E-state index in [1.165, 1.54) is 27.8 Å². The van der Waals surface area contributed by atoms with Crippen molar-refractivity contribution in [3.8, 4) is 11.1 Å². The lowest BCUT2D eigenvalue weighted by atomic mass is 9.82. The second kappa shape index (κ2) is 6.59. The van der Waals surface area contributed by atoms with Crippen molar-refractivity contribution in [2.45, 2.75) is 5.92 Å². The summed E-state index contributed by atoms with van der Waals surface area (Å²) in [7, 11) is 0. The molecule has 0 saturated carbocycles. The fourth-order valence-corrected chi connectivity index (χ4v) is 3.35. The van der Waals surface area contributed by atoms with Crippen LogP contribution >= 0.6 is 0 Å². The number of hydrogen-bond acceptors (Lipinski definition) is 0. The first-order valence-corrected chi connectivity index (χ1v) is 8.25. The molecule has 0 saturated heterocycles. The molecule has 116 valence electrons. The smallest absolute Gasteiger partial charge is 0.0346 e. The Balaban J connectivity index is 1.93. The minimum atomic E-state index is 0.221. The van der Waals surface area contributed by atoms with Crippen LogP contribution in [0.3, 0.4) is 0 Å². The van der Waals surface area contributed by atoms with Gasteiger partial charge in [0.15, 0.2) is 0 Å². The maximum Gasteiger partial charge on any atom is 0.0346 e. The summed E-state index contributed by atoms with van der Waals surface area (Å²) in [5.41, 5.74) is 6.45. The number of hydrogen-bond donors (Lipinski definition) is 1. The number of nitrogens with one attached hydrogen (secondary N) is 1. The largest absolute Gasteiger partial charge is 0.367 e. The topological polar surface area (TPSA) is 15.8 Å². The van der Waals surface area contributed by atoms with Gasteiger partial charge in [-0.1, -0.05) is 84.9 Å². The molecule has 0 bridgehead atoms. The third-order valence-corrected chi connectivity index (χ3v) is 4.45. The van der Waals surface area contributed by atoms with Gasteiger partial charge in [0.05, 0.1) is 0 Å². The normalized spacial score (nSPS) is 10.9. The van der Waals surface area contributed by atoms with Crippen LogP contribution in [-0.2, 0) is 0 Å². The van der Waals surface area contributed by atoms with E-state index in [1.807, 2.05) is 6.20 Å². The van der Waals surface area contributed by atoms with E-state index in [1.54, 1.807) is 0 Å². The van der Waals surface area contributed by atoms with Crippen LogP contribution in [0.2, 0.25) is 0 Å². The molecule has 1 heteroatoms. The van der Waals surface area contributed by atoms with E-state index >= 15 is 0 Å². The molecule has 1 aromatic heterocycles. The lowest BCUT2D eigenvalue weighted by Gasteiger charge is -2.21. The molecule has 0 radical (unpaired) electrons. The Morgan fingerprint density at radius 1 is 0.583 bits per heavy atom. The Morgan fingerprint density at radius 2 is 1.17 bits per heavy atom. The Labute approximate surface area is 142 Å². The molecule has 4 aromatic rings. The maximum atomic E-state index is 3.17. The third kappa shape index (κ3) is 2.77. The summed E-state index contributed by atoms with van der Waals surface area (Å²) in [6.45, 7) is 0. The molecule has 0 aliphatic carbocycles. The molecule has 0 amide bonds. The highest BCUT2D eigenvalue weighted by molar-refractivity contribution is 5.69. The zero-order valence-electron chi connectivity index (χ0n) is 13.4. The van der Waals surface area contributed by atoms with E-state index < -0.39 is 0 Å². The van der Waals surface area contributed by atoms with Crippen LogP contribution < -0.4 is 0 Å². The highest BCUT2D eigenvalue weighted by atomic mass is 14.6. The lowest BCUT2D eigenvalue weighted by Crippen LogP contribution is -2.04. The van der Waals surface area contributed by atoms with E-state index in [0.29, 0.717) is 0 Å². The molecule has 3 aromatic carbocycles. The molecule has 0 unspecified atom stereocenters. The van der Waals surface area contributed by atoms with Crippen molar-refractivity contribution in [1.82, 2.24) is 4.98 Å². The van der Waals surface area contributed by atoms with Crippen molar-refractivity contribution in [2.75, 3.05) is 0 Å². The summed E-state index contributed by atoms with van der Waals surface area (Å²) in [4.78, 5) is 3.17. The molecule has 1 heterocycles. The number of aromatic amines is 1. The fourth-order valence-electron chi connectivity index (χ4n) is 3.35. The highest BCUT2D eigenvalue weighted by Gasteiger charge is 2.19.